The number of rotatable bonds is 10. The number of ketones is 1. The molecule has 170 valence electrons. The molecule has 6 nitrogen and oxygen atoms in total. The summed E-state index contributed by atoms with van der Waals surface area (Å²) in [5.74, 6) is -0.105. The zero-order valence-electron chi connectivity index (χ0n) is 19.0. The van der Waals surface area contributed by atoms with Crippen molar-refractivity contribution in [2.75, 3.05) is 19.8 Å². The van der Waals surface area contributed by atoms with Crippen molar-refractivity contribution in [3.63, 3.8) is 0 Å². The largest absolute Gasteiger partial charge is 0.507 e. The van der Waals surface area contributed by atoms with Crippen LogP contribution in [0.15, 0.2) is 54.1 Å². The first kappa shape index (κ1) is 23.4. The first-order valence-electron chi connectivity index (χ1n) is 11.3. The number of nitrogens with zero attached hydrogens (tertiary/aromatic N) is 1. The summed E-state index contributed by atoms with van der Waals surface area (Å²) >= 11 is 0. The lowest BCUT2D eigenvalue weighted by molar-refractivity contribution is -0.139. The maximum atomic E-state index is 13.1. The summed E-state index contributed by atoms with van der Waals surface area (Å²) in [6, 6.07) is 13.6. The molecule has 0 aromatic heterocycles. The predicted octanol–water partition coefficient (Wildman–Crippen LogP) is 5.10. The van der Waals surface area contributed by atoms with Gasteiger partial charge in [-0.05, 0) is 62.2 Å². The molecule has 3 rings (SSSR count). The Morgan fingerprint density at radius 2 is 1.62 bits per heavy atom. The maximum Gasteiger partial charge on any atom is 0.295 e. The minimum Gasteiger partial charge on any atom is -0.507 e. The number of aliphatic hydroxyl groups is 1. The number of carbonyl (C=O) groups excluding carboxylic acids is 2. The molecular weight excluding hydrogens is 406 g/mol. The van der Waals surface area contributed by atoms with E-state index < -0.39 is 17.7 Å². The fourth-order valence-corrected chi connectivity index (χ4v) is 3.96. The molecule has 2 aromatic carbocycles. The van der Waals surface area contributed by atoms with Crippen LogP contribution in [0.4, 0.5) is 0 Å². The number of hydrogen-bond donors (Lipinski definition) is 1. The minimum atomic E-state index is -0.668. The van der Waals surface area contributed by atoms with Crippen LogP contribution >= 0.6 is 0 Å². The van der Waals surface area contributed by atoms with Crippen LogP contribution in [-0.2, 0) is 9.59 Å². The molecular formula is C26H31NO5. The summed E-state index contributed by atoms with van der Waals surface area (Å²) < 4.78 is 11.1. The number of hydrogen-bond acceptors (Lipinski definition) is 5. The molecule has 1 atom stereocenters. The molecule has 1 aliphatic heterocycles. The van der Waals surface area contributed by atoms with Crippen LogP contribution in [0.2, 0.25) is 0 Å². The summed E-state index contributed by atoms with van der Waals surface area (Å²) in [6.07, 6.45) is 2.74. The lowest BCUT2D eigenvalue weighted by atomic mass is 9.95. The first-order valence-corrected chi connectivity index (χ1v) is 11.3. The number of aliphatic hydroxyl groups excluding tert-OH is 1. The Morgan fingerprint density at radius 3 is 2.28 bits per heavy atom. The normalized spacial score (nSPS) is 17.6. The Kier molecular flexibility index (Phi) is 7.92. The average molecular weight is 438 g/mol. The summed E-state index contributed by atoms with van der Waals surface area (Å²) in [6.45, 7) is 7.36. The van der Waals surface area contributed by atoms with E-state index in [-0.39, 0.29) is 11.3 Å². The molecule has 2 aromatic rings. The number of Topliss-reactive ketones (excluding diaryl/α,β-unsaturated/α-hetero) is 1. The second-order valence-corrected chi connectivity index (χ2v) is 7.66. The van der Waals surface area contributed by atoms with Gasteiger partial charge in [0.2, 0.25) is 0 Å². The third kappa shape index (κ3) is 4.96. The highest BCUT2D eigenvalue weighted by atomic mass is 16.5. The Bertz CT molecular complexity index is 980. The van der Waals surface area contributed by atoms with E-state index in [4.69, 9.17) is 9.47 Å². The van der Waals surface area contributed by atoms with Crippen LogP contribution in [0.3, 0.4) is 0 Å². The van der Waals surface area contributed by atoms with E-state index in [0.29, 0.717) is 36.8 Å². The summed E-state index contributed by atoms with van der Waals surface area (Å²) in [7, 11) is 0. The van der Waals surface area contributed by atoms with Crippen LogP contribution in [0.1, 0.15) is 57.2 Å². The van der Waals surface area contributed by atoms with Crippen LogP contribution in [-0.4, -0.2) is 41.5 Å². The molecule has 0 saturated carbocycles. The summed E-state index contributed by atoms with van der Waals surface area (Å²) in [5.41, 5.74) is 1.30. The Hall–Kier alpha value is -3.28. The third-order valence-corrected chi connectivity index (χ3v) is 5.47. The van der Waals surface area contributed by atoms with Crippen molar-refractivity contribution in [2.24, 2.45) is 0 Å². The topological polar surface area (TPSA) is 76.1 Å². The third-order valence-electron chi connectivity index (χ3n) is 5.47. The van der Waals surface area contributed by atoms with E-state index in [2.05, 4.69) is 6.92 Å². The van der Waals surface area contributed by atoms with Crippen molar-refractivity contribution in [2.45, 2.75) is 46.1 Å². The van der Waals surface area contributed by atoms with Gasteiger partial charge >= 0.3 is 0 Å². The van der Waals surface area contributed by atoms with Crippen LogP contribution in [0, 0.1) is 0 Å². The molecule has 1 N–H and O–H groups in total. The number of benzene rings is 2. The molecule has 0 radical (unpaired) electrons. The van der Waals surface area contributed by atoms with Gasteiger partial charge in [-0.3, -0.25) is 9.59 Å². The van der Waals surface area contributed by atoms with Crippen LogP contribution in [0.5, 0.6) is 11.5 Å². The lowest BCUT2D eigenvalue weighted by Gasteiger charge is -2.25. The van der Waals surface area contributed by atoms with Crippen molar-refractivity contribution in [3.8, 4) is 11.5 Å². The van der Waals surface area contributed by atoms with Gasteiger partial charge in [-0.15, -0.1) is 0 Å². The van der Waals surface area contributed by atoms with E-state index in [0.717, 1.165) is 24.8 Å². The van der Waals surface area contributed by atoms with E-state index in [9.17, 15) is 14.7 Å². The molecule has 1 fully saturated rings. The van der Waals surface area contributed by atoms with Crippen molar-refractivity contribution in [1.82, 2.24) is 4.90 Å². The van der Waals surface area contributed by atoms with Gasteiger partial charge in [0.15, 0.2) is 0 Å². The summed E-state index contributed by atoms with van der Waals surface area (Å²) in [4.78, 5) is 27.6. The number of amides is 1. The van der Waals surface area contributed by atoms with Gasteiger partial charge in [-0.1, -0.05) is 31.9 Å². The van der Waals surface area contributed by atoms with E-state index >= 15 is 0 Å². The number of likely N-dealkylation sites (tertiary alicyclic amines) is 1. The monoisotopic (exact) mass is 437 g/mol. The molecule has 0 aliphatic carbocycles. The van der Waals surface area contributed by atoms with Gasteiger partial charge in [0.1, 0.15) is 17.3 Å². The molecule has 6 heteroatoms. The van der Waals surface area contributed by atoms with Gasteiger partial charge in [-0.2, -0.15) is 0 Å². The zero-order chi connectivity index (χ0) is 23.1. The van der Waals surface area contributed by atoms with Gasteiger partial charge < -0.3 is 19.5 Å². The van der Waals surface area contributed by atoms with Crippen molar-refractivity contribution in [1.29, 1.82) is 0 Å². The van der Waals surface area contributed by atoms with Crippen LogP contribution in [0.25, 0.3) is 5.76 Å². The number of carbonyl (C=O) groups is 2. The van der Waals surface area contributed by atoms with Crippen molar-refractivity contribution in [3.05, 3.63) is 65.2 Å². The van der Waals surface area contributed by atoms with Crippen molar-refractivity contribution < 1.29 is 24.2 Å². The Labute approximate surface area is 189 Å². The van der Waals surface area contributed by atoms with E-state index in [1.165, 1.54) is 0 Å². The minimum absolute atomic E-state index is 0.101. The number of unbranched alkanes of at least 4 members (excludes halogenated alkanes) is 2. The van der Waals surface area contributed by atoms with Gasteiger partial charge in [0.25, 0.3) is 11.7 Å². The standard InChI is InChI=1S/C26H31NO5/c1-4-7-8-16-27-23(19-10-9-11-21(17-19)32-6-3)22(25(29)26(27)30)24(28)18-12-14-20(15-13-18)31-5-2/h9-15,17,23,28H,4-8,16H2,1-3H3/b24-22-. The summed E-state index contributed by atoms with van der Waals surface area (Å²) in [5, 5.41) is 11.1. The van der Waals surface area contributed by atoms with Crippen LogP contribution < -0.4 is 9.47 Å². The molecule has 0 bridgehead atoms. The fraction of sp³-hybridized carbons (Fsp3) is 0.385. The molecule has 32 heavy (non-hydrogen) atoms. The lowest BCUT2D eigenvalue weighted by Crippen LogP contribution is -2.30. The quantitative estimate of drug-likeness (QED) is 0.242. The first-order chi connectivity index (χ1) is 15.5. The highest BCUT2D eigenvalue weighted by Gasteiger charge is 2.45. The predicted molar refractivity (Wildman–Crippen MR) is 124 cm³/mol. The molecule has 1 heterocycles. The molecule has 1 unspecified atom stereocenters. The van der Waals surface area contributed by atoms with Gasteiger partial charge in [-0.25, -0.2) is 0 Å². The molecule has 0 spiro atoms. The molecule has 1 aliphatic rings. The maximum absolute atomic E-state index is 13.1. The zero-order valence-corrected chi connectivity index (χ0v) is 19.0. The highest BCUT2D eigenvalue weighted by molar-refractivity contribution is 6.46. The van der Waals surface area contributed by atoms with Crippen molar-refractivity contribution >= 4 is 17.4 Å². The second-order valence-electron chi connectivity index (χ2n) is 7.66. The van der Waals surface area contributed by atoms with E-state index in [1.807, 2.05) is 38.1 Å². The fourth-order valence-electron chi connectivity index (χ4n) is 3.96. The number of ether oxygens (including phenoxy) is 2. The highest BCUT2D eigenvalue weighted by Crippen LogP contribution is 2.40. The van der Waals surface area contributed by atoms with E-state index in [1.54, 1.807) is 29.2 Å². The second kappa shape index (κ2) is 10.8. The molecule has 1 amide bonds. The SMILES string of the molecule is CCCCCN1C(=O)C(=O)/C(=C(\O)c2ccc(OCC)cc2)C1c1cccc(OCC)c1. The Morgan fingerprint density at radius 1 is 0.938 bits per heavy atom. The van der Waals surface area contributed by atoms with Gasteiger partial charge in [0.05, 0.1) is 24.8 Å². The smallest absolute Gasteiger partial charge is 0.295 e. The van der Waals surface area contributed by atoms with Gasteiger partial charge in [0, 0.05) is 12.1 Å². The Balaban J connectivity index is 2.08. The molecule has 1 saturated heterocycles. The average Bonchev–Trinajstić information content (AvgIpc) is 3.05.